The highest BCUT2D eigenvalue weighted by Crippen LogP contribution is 2.50. The Morgan fingerprint density at radius 2 is 2.04 bits per heavy atom. The van der Waals surface area contributed by atoms with Crippen LogP contribution in [-0.4, -0.2) is 42.8 Å². The molecule has 1 N–H and O–H groups in total. The number of methoxy groups -OCH3 is 1. The van der Waals surface area contributed by atoms with Crippen molar-refractivity contribution in [3.8, 4) is 11.5 Å². The van der Waals surface area contributed by atoms with E-state index in [0.717, 1.165) is 5.56 Å². The minimum atomic E-state index is -1.07. The van der Waals surface area contributed by atoms with Gasteiger partial charge in [-0.05, 0) is 29.3 Å². The summed E-state index contributed by atoms with van der Waals surface area (Å²) < 4.78 is 38.4. The van der Waals surface area contributed by atoms with Crippen molar-refractivity contribution in [2.24, 2.45) is 5.41 Å². The van der Waals surface area contributed by atoms with Gasteiger partial charge in [0, 0.05) is 25.6 Å². The van der Waals surface area contributed by atoms with E-state index in [0.29, 0.717) is 17.9 Å². The molecule has 0 radical (unpaired) electrons. The van der Waals surface area contributed by atoms with Gasteiger partial charge in [0.25, 0.3) is 0 Å². The van der Waals surface area contributed by atoms with Gasteiger partial charge in [0.05, 0.1) is 7.11 Å². The molecule has 5 nitrogen and oxygen atoms in total. The standard InChI is InChI=1S/C20H19F2NO4/c1-26-18-15(21)6-12(7-16(18)22)8-23-9-14-13-4-2-3-5-17(13)27-11-20(14,10-23)19(24)25/h2-7,14H,8-11H2,1H3,(H,24,25)/t14-,20-/m1/s1. The van der Waals surface area contributed by atoms with E-state index in [4.69, 9.17) is 9.47 Å². The highest BCUT2D eigenvalue weighted by Gasteiger charge is 2.56. The second kappa shape index (κ2) is 6.49. The Labute approximate surface area is 155 Å². The number of fused-ring (bicyclic) bond motifs is 3. The summed E-state index contributed by atoms with van der Waals surface area (Å²) in [6, 6.07) is 9.87. The van der Waals surface area contributed by atoms with Crippen LogP contribution in [0, 0.1) is 17.0 Å². The van der Waals surface area contributed by atoms with Crippen LogP contribution in [0.1, 0.15) is 17.0 Å². The Kier molecular flexibility index (Phi) is 4.26. The Hall–Kier alpha value is -2.67. The van der Waals surface area contributed by atoms with Crippen LogP contribution in [0.25, 0.3) is 0 Å². The first kappa shape index (κ1) is 17.7. The van der Waals surface area contributed by atoms with Crippen LogP contribution in [-0.2, 0) is 11.3 Å². The number of carboxylic acid groups (broad SMARTS) is 1. The van der Waals surface area contributed by atoms with E-state index >= 15 is 0 Å². The third kappa shape index (κ3) is 2.82. The summed E-state index contributed by atoms with van der Waals surface area (Å²) in [5.41, 5.74) is 0.220. The third-order valence-electron chi connectivity index (χ3n) is 5.49. The van der Waals surface area contributed by atoms with Crippen LogP contribution < -0.4 is 9.47 Å². The van der Waals surface area contributed by atoms with Gasteiger partial charge in [-0.1, -0.05) is 18.2 Å². The fourth-order valence-electron chi connectivity index (χ4n) is 4.21. The number of likely N-dealkylation sites (tertiary alicyclic amines) is 1. The van der Waals surface area contributed by atoms with Gasteiger partial charge in [-0.25, -0.2) is 8.78 Å². The Morgan fingerprint density at radius 3 is 2.70 bits per heavy atom. The SMILES string of the molecule is COc1c(F)cc(CN2C[C@@H]3c4ccccc4OC[C@]3(C(=O)O)C2)cc1F. The molecule has 2 atom stereocenters. The molecule has 0 spiro atoms. The molecule has 1 saturated heterocycles. The quantitative estimate of drug-likeness (QED) is 0.890. The number of para-hydroxylation sites is 1. The maximum Gasteiger partial charge on any atom is 0.315 e. The van der Waals surface area contributed by atoms with E-state index in [1.54, 1.807) is 0 Å². The molecule has 2 aromatic rings. The van der Waals surface area contributed by atoms with E-state index in [2.05, 4.69) is 0 Å². The minimum absolute atomic E-state index is 0.0752. The normalized spacial score (nSPS) is 24.0. The number of ether oxygens (including phenoxy) is 2. The number of aliphatic carboxylic acids is 1. The second-order valence-corrected chi connectivity index (χ2v) is 7.10. The molecule has 0 bridgehead atoms. The molecule has 7 heteroatoms. The van der Waals surface area contributed by atoms with E-state index < -0.39 is 28.8 Å². The van der Waals surface area contributed by atoms with E-state index in [9.17, 15) is 18.7 Å². The van der Waals surface area contributed by atoms with E-state index in [-0.39, 0.29) is 25.6 Å². The zero-order chi connectivity index (χ0) is 19.2. The smallest absolute Gasteiger partial charge is 0.315 e. The summed E-state index contributed by atoms with van der Waals surface area (Å²) in [7, 11) is 1.21. The van der Waals surface area contributed by atoms with Gasteiger partial charge in [0.1, 0.15) is 17.8 Å². The number of halogens is 2. The lowest BCUT2D eigenvalue weighted by Gasteiger charge is -2.35. The number of carboxylic acids is 1. The molecule has 2 aliphatic heterocycles. The summed E-state index contributed by atoms with van der Waals surface area (Å²) >= 11 is 0. The highest BCUT2D eigenvalue weighted by molar-refractivity contribution is 5.78. The Bertz CT molecular complexity index is 880. The van der Waals surface area contributed by atoms with Crippen LogP contribution in [0.15, 0.2) is 36.4 Å². The lowest BCUT2D eigenvalue weighted by molar-refractivity contribution is -0.151. The summed E-state index contributed by atoms with van der Waals surface area (Å²) in [6.45, 7) is 1.04. The fourth-order valence-corrected chi connectivity index (χ4v) is 4.21. The number of benzene rings is 2. The maximum atomic E-state index is 14.0. The van der Waals surface area contributed by atoms with E-state index in [1.807, 2.05) is 29.2 Å². The lowest BCUT2D eigenvalue weighted by Crippen LogP contribution is -2.45. The predicted molar refractivity (Wildman–Crippen MR) is 92.9 cm³/mol. The fraction of sp³-hybridized carbons (Fsp3) is 0.350. The monoisotopic (exact) mass is 375 g/mol. The predicted octanol–water partition coefficient (Wildman–Crippen LogP) is 3.04. The number of hydrogen-bond donors (Lipinski definition) is 1. The number of rotatable bonds is 4. The van der Waals surface area contributed by atoms with Crippen molar-refractivity contribution >= 4 is 5.97 Å². The van der Waals surface area contributed by atoms with Crippen LogP contribution in [0.5, 0.6) is 11.5 Å². The van der Waals surface area contributed by atoms with Gasteiger partial charge in [-0.15, -0.1) is 0 Å². The molecular weight excluding hydrogens is 356 g/mol. The average molecular weight is 375 g/mol. The number of carbonyl (C=O) groups is 1. The minimum Gasteiger partial charge on any atom is -0.492 e. The molecule has 4 rings (SSSR count). The van der Waals surface area contributed by atoms with Gasteiger partial charge < -0.3 is 14.6 Å². The van der Waals surface area contributed by atoms with Crippen LogP contribution in [0.4, 0.5) is 8.78 Å². The summed E-state index contributed by atoms with van der Waals surface area (Å²) in [5.74, 6) is -2.43. The summed E-state index contributed by atoms with van der Waals surface area (Å²) in [6.07, 6.45) is 0. The van der Waals surface area contributed by atoms with Gasteiger partial charge in [0.2, 0.25) is 0 Å². The molecule has 2 heterocycles. The topological polar surface area (TPSA) is 59.0 Å². The number of nitrogens with zero attached hydrogens (tertiary/aromatic N) is 1. The largest absolute Gasteiger partial charge is 0.492 e. The molecule has 2 aromatic carbocycles. The van der Waals surface area contributed by atoms with Crippen molar-refractivity contribution in [3.63, 3.8) is 0 Å². The third-order valence-corrected chi connectivity index (χ3v) is 5.49. The molecule has 27 heavy (non-hydrogen) atoms. The molecule has 142 valence electrons. The Balaban J connectivity index is 1.64. The van der Waals surface area contributed by atoms with Gasteiger partial charge in [0.15, 0.2) is 17.4 Å². The van der Waals surface area contributed by atoms with Crippen molar-refractivity contribution in [2.45, 2.75) is 12.5 Å². The first-order valence-electron chi connectivity index (χ1n) is 8.64. The molecule has 0 saturated carbocycles. The molecule has 0 aliphatic carbocycles. The van der Waals surface area contributed by atoms with Gasteiger partial charge in [-0.3, -0.25) is 9.69 Å². The Morgan fingerprint density at radius 1 is 1.33 bits per heavy atom. The zero-order valence-corrected chi connectivity index (χ0v) is 14.7. The van der Waals surface area contributed by atoms with Crippen LogP contribution in [0.3, 0.4) is 0 Å². The molecular formula is C20H19F2NO4. The molecule has 0 unspecified atom stereocenters. The van der Waals surface area contributed by atoms with Gasteiger partial charge in [-0.2, -0.15) is 0 Å². The second-order valence-electron chi connectivity index (χ2n) is 7.10. The highest BCUT2D eigenvalue weighted by atomic mass is 19.1. The summed E-state index contributed by atoms with van der Waals surface area (Å²) in [4.78, 5) is 14.0. The van der Waals surface area contributed by atoms with Crippen molar-refractivity contribution in [1.29, 1.82) is 0 Å². The van der Waals surface area contributed by atoms with E-state index in [1.165, 1.54) is 19.2 Å². The van der Waals surface area contributed by atoms with Crippen molar-refractivity contribution in [2.75, 3.05) is 26.8 Å². The molecule has 2 aliphatic rings. The first-order chi connectivity index (χ1) is 12.9. The number of hydrogen-bond acceptors (Lipinski definition) is 4. The summed E-state index contributed by atoms with van der Waals surface area (Å²) in [5, 5.41) is 9.92. The van der Waals surface area contributed by atoms with Crippen molar-refractivity contribution < 1.29 is 28.2 Å². The maximum absolute atomic E-state index is 14.0. The van der Waals surface area contributed by atoms with Crippen LogP contribution in [0.2, 0.25) is 0 Å². The molecule has 0 amide bonds. The first-order valence-corrected chi connectivity index (χ1v) is 8.64. The van der Waals surface area contributed by atoms with Crippen molar-refractivity contribution in [3.05, 3.63) is 59.2 Å². The average Bonchev–Trinajstić information content (AvgIpc) is 3.01. The molecule has 0 aromatic heterocycles. The van der Waals surface area contributed by atoms with Crippen molar-refractivity contribution in [1.82, 2.24) is 4.90 Å². The zero-order valence-electron chi connectivity index (χ0n) is 14.7. The van der Waals surface area contributed by atoms with Gasteiger partial charge >= 0.3 is 5.97 Å². The lowest BCUT2D eigenvalue weighted by atomic mass is 9.73. The van der Waals surface area contributed by atoms with Crippen LogP contribution >= 0.6 is 0 Å². The molecule has 1 fully saturated rings.